The molecule has 1 aromatic carbocycles. The third-order valence-corrected chi connectivity index (χ3v) is 4.85. The second-order valence-electron chi connectivity index (χ2n) is 5.72. The van der Waals surface area contributed by atoms with Gasteiger partial charge < -0.3 is 5.73 Å². The number of nitrogens with zero attached hydrogens (tertiary/aromatic N) is 2. The van der Waals surface area contributed by atoms with Gasteiger partial charge in [0.25, 0.3) is 0 Å². The molecule has 2 N–H and O–H groups in total. The van der Waals surface area contributed by atoms with Crippen LogP contribution < -0.4 is 5.73 Å². The molecule has 1 heterocycles. The minimum atomic E-state index is -0.656. The molecule has 1 atom stereocenters. The summed E-state index contributed by atoms with van der Waals surface area (Å²) in [4.78, 5) is 0. The fourth-order valence-electron chi connectivity index (χ4n) is 2.44. The first-order valence-corrected chi connectivity index (χ1v) is 7.83. The first-order valence-electron chi connectivity index (χ1n) is 7.03. The van der Waals surface area contributed by atoms with E-state index in [4.69, 9.17) is 5.73 Å². The summed E-state index contributed by atoms with van der Waals surface area (Å²) in [7, 11) is 0. The summed E-state index contributed by atoms with van der Waals surface area (Å²) < 4.78 is 16.7. The van der Waals surface area contributed by atoms with Crippen molar-refractivity contribution >= 4 is 15.9 Å². The Kier molecular flexibility index (Phi) is 4.54. The van der Waals surface area contributed by atoms with Crippen LogP contribution in [0.1, 0.15) is 36.4 Å². The van der Waals surface area contributed by atoms with Gasteiger partial charge in [0.2, 0.25) is 0 Å². The van der Waals surface area contributed by atoms with E-state index < -0.39 is 5.54 Å². The molecule has 0 aliphatic carbocycles. The molecule has 0 fully saturated rings. The molecule has 0 aliphatic rings. The lowest BCUT2D eigenvalue weighted by atomic mass is 9.87. The number of hydrogen-bond acceptors (Lipinski definition) is 2. The van der Waals surface area contributed by atoms with Crippen LogP contribution >= 0.6 is 15.9 Å². The Balaban J connectivity index is 2.39. The lowest BCUT2D eigenvalue weighted by Gasteiger charge is -2.26. The van der Waals surface area contributed by atoms with Crippen LogP contribution in [0.25, 0.3) is 0 Å². The van der Waals surface area contributed by atoms with Crippen molar-refractivity contribution in [2.24, 2.45) is 5.73 Å². The van der Waals surface area contributed by atoms with Crippen LogP contribution in [0.4, 0.5) is 4.39 Å². The topological polar surface area (TPSA) is 43.8 Å². The molecule has 1 aromatic heterocycles. The summed E-state index contributed by atoms with van der Waals surface area (Å²) in [5.41, 5.74) is 9.21. The SMILES string of the molecule is CCn1nc(C)c(Br)c1CC(C)(N)c1ccc(C)c(F)c1. The van der Waals surface area contributed by atoms with Crippen molar-refractivity contribution in [1.82, 2.24) is 9.78 Å². The van der Waals surface area contributed by atoms with Crippen molar-refractivity contribution in [2.75, 3.05) is 0 Å². The van der Waals surface area contributed by atoms with Crippen molar-refractivity contribution < 1.29 is 4.39 Å². The van der Waals surface area contributed by atoms with Crippen molar-refractivity contribution in [3.63, 3.8) is 0 Å². The number of nitrogens with two attached hydrogens (primary N) is 1. The van der Waals surface area contributed by atoms with Gasteiger partial charge in [-0.2, -0.15) is 5.10 Å². The number of aryl methyl sites for hydroxylation is 3. The van der Waals surface area contributed by atoms with Gasteiger partial charge in [-0.1, -0.05) is 12.1 Å². The first kappa shape index (κ1) is 16.2. The Labute approximate surface area is 133 Å². The van der Waals surface area contributed by atoms with Crippen LogP contribution in [0.3, 0.4) is 0 Å². The molecule has 0 spiro atoms. The third kappa shape index (κ3) is 3.19. The summed E-state index contributed by atoms with van der Waals surface area (Å²) in [5.74, 6) is -0.219. The zero-order chi connectivity index (χ0) is 15.8. The molecular formula is C16H21BrFN3. The normalized spacial score (nSPS) is 14.2. The van der Waals surface area contributed by atoms with E-state index in [-0.39, 0.29) is 5.82 Å². The molecule has 114 valence electrons. The molecule has 3 nitrogen and oxygen atoms in total. The molecule has 0 aliphatic heterocycles. The lowest BCUT2D eigenvalue weighted by molar-refractivity contribution is 0.459. The van der Waals surface area contributed by atoms with E-state index in [1.54, 1.807) is 13.0 Å². The van der Waals surface area contributed by atoms with Crippen molar-refractivity contribution in [3.05, 3.63) is 51.0 Å². The molecule has 2 aromatic rings. The highest BCUT2D eigenvalue weighted by Crippen LogP contribution is 2.29. The van der Waals surface area contributed by atoms with Gasteiger partial charge in [-0.15, -0.1) is 0 Å². The van der Waals surface area contributed by atoms with Gasteiger partial charge in [0, 0.05) is 18.5 Å². The maximum absolute atomic E-state index is 13.8. The smallest absolute Gasteiger partial charge is 0.126 e. The number of benzene rings is 1. The van der Waals surface area contributed by atoms with Crippen LogP contribution in [0.15, 0.2) is 22.7 Å². The van der Waals surface area contributed by atoms with Gasteiger partial charge in [-0.05, 0) is 60.8 Å². The molecule has 5 heteroatoms. The van der Waals surface area contributed by atoms with Crippen molar-refractivity contribution in [3.8, 4) is 0 Å². The van der Waals surface area contributed by atoms with Gasteiger partial charge in [-0.25, -0.2) is 4.39 Å². The van der Waals surface area contributed by atoms with Gasteiger partial charge in [0.05, 0.1) is 15.9 Å². The quantitative estimate of drug-likeness (QED) is 0.907. The summed E-state index contributed by atoms with van der Waals surface area (Å²) in [6.07, 6.45) is 0.588. The Morgan fingerprint density at radius 1 is 1.38 bits per heavy atom. The number of aromatic nitrogens is 2. The van der Waals surface area contributed by atoms with Gasteiger partial charge >= 0.3 is 0 Å². The molecule has 0 saturated heterocycles. The second kappa shape index (κ2) is 5.89. The maximum atomic E-state index is 13.8. The summed E-state index contributed by atoms with van der Waals surface area (Å²) in [5, 5.41) is 4.48. The van der Waals surface area contributed by atoms with Gasteiger partial charge in [0.1, 0.15) is 5.82 Å². The van der Waals surface area contributed by atoms with Gasteiger partial charge in [-0.3, -0.25) is 4.68 Å². The Morgan fingerprint density at radius 3 is 2.62 bits per heavy atom. The van der Waals surface area contributed by atoms with Crippen LogP contribution in [0, 0.1) is 19.7 Å². The fraction of sp³-hybridized carbons (Fsp3) is 0.438. The van der Waals surface area contributed by atoms with Crippen LogP contribution in [0.2, 0.25) is 0 Å². The summed E-state index contributed by atoms with van der Waals surface area (Å²) >= 11 is 3.58. The predicted octanol–water partition coefficient (Wildman–Crippen LogP) is 3.84. The average molecular weight is 354 g/mol. The summed E-state index contributed by atoms with van der Waals surface area (Å²) in [6, 6.07) is 5.20. The molecule has 0 amide bonds. The maximum Gasteiger partial charge on any atom is 0.126 e. The first-order chi connectivity index (χ1) is 9.76. The summed E-state index contributed by atoms with van der Waals surface area (Å²) in [6.45, 7) is 8.45. The number of halogens is 2. The predicted molar refractivity (Wildman–Crippen MR) is 86.7 cm³/mol. The molecule has 0 bridgehead atoms. The van der Waals surface area contributed by atoms with E-state index in [0.717, 1.165) is 28.0 Å². The van der Waals surface area contributed by atoms with Crippen molar-refractivity contribution in [2.45, 2.75) is 46.2 Å². The van der Waals surface area contributed by atoms with Crippen LogP contribution in [-0.4, -0.2) is 9.78 Å². The van der Waals surface area contributed by atoms with E-state index in [2.05, 4.69) is 21.0 Å². The molecule has 21 heavy (non-hydrogen) atoms. The minimum Gasteiger partial charge on any atom is -0.321 e. The van der Waals surface area contributed by atoms with Crippen LogP contribution in [-0.2, 0) is 18.5 Å². The highest BCUT2D eigenvalue weighted by Gasteiger charge is 2.26. The van der Waals surface area contributed by atoms with Crippen LogP contribution in [0.5, 0.6) is 0 Å². The molecule has 1 unspecified atom stereocenters. The Morgan fingerprint density at radius 2 is 2.05 bits per heavy atom. The average Bonchev–Trinajstić information content (AvgIpc) is 2.69. The van der Waals surface area contributed by atoms with E-state index in [1.807, 2.05) is 31.5 Å². The Hall–Kier alpha value is -1.20. The highest BCUT2D eigenvalue weighted by molar-refractivity contribution is 9.10. The highest BCUT2D eigenvalue weighted by atomic mass is 79.9. The monoisotopic (exact) mass is 353 g/mol. The van der Waals surface area contributed by atoms with Gasteiger partial charge in [0.15, 0.2) is 0 Å². The molecule has 0 radical (unpaired) electrons. The van der Waals surface area contributed by atoms with E-state index in [1.165, 1.54) is 6.07 Å². The van der Waals surface area contributed by atoms with Crippen molar-refractivity contribution in [1.29, 1.82) is 0 Å². The standard InChI is InChI=1S/C16H21BrFN3/c1-5-21-14(15(17)11(3)20-21)9-16(4,19)12-7-6-10(2)13(18)8-12/h6-8H,5,9,19H2,1-4H3. The minimum absolute atomic E-state index is 0.219. The molecule has 2 rings (SSSR count). The lowest BCUT2D eigenvalue weighted by Crippen LogP contribution is -2.36. The third-order valence-electron chi connectivity index (χ3n) is 3.82. The molecule has 0 saturated carbocycles. The zero-order valence-corrected chi connectivity index (χ0v) is 14.5. The number of hydrogen-bond donors (Lipinski definition) is 1. The second-order valence-corrected chi connectivity index (χ2v) is 6.51. The molecular weight excluding hydrogens is 333 g/mol. The van der Waals surface area contributed by atoms with E-state index in [9.17, 15) is 4.39 Å². The largest absolute Gasteiger partial charge is 0.321 e. The zero-order valence-electron chi connectivity index (χ0n) is 12.9. The van der Waals surface area contributed by atoms with E-state index in [0.29, 0.717) is 12.0 Å². The Bertz CT molecular complexity index is 662. The van der Waals surface area contributed by atoms with E-state index >= 15 is 0 Å². The fourth-order valence-corrected chi connectivity index (χ4v) is 2.86. The number of rotatable bonds is 4.